The van der Waals surface area contributed by atoms with Gasteiger partial charge in [-0.05, 0) is 102 Å². The number of nitrogens with zero attached hydrogens (tertiary/aromatic N) is 3. The van der Waals surface area contributed by atoms with Gasteiger partial charge in [-0.1, -0.05) is 194 Å². The van der Waals surface area contributed by atoms with Crippen molar-refractivity contribution in [2.75, 3.05) is 0 Å². The number of para-hydroxylation sites is 1. The van der Waals surface area contributed by atoms with E-state index >= 15 is 0 Å². The van der Waals surface area contributed by atoms with Crippen LogP contribution in [0.4, 0.5) is 0 Å². The highest BCUT2D eigenvalue weighted by molar-refractivity contribution is 6.23. The molecule has 11 aromatic carbocycles. The Morgan fingerprint density at radius 2 is 0.785 bits per heavy atom. The third-order valence-electron chi connectivity index (χ3n) is 13.3. The molecule has 0 aliphatic heterocycles. The Bertz CT molecular complexity index is 3930. The molecule has 0 fully saturated rings. The van der Waals surface area contributed by atoms with Gasteiger partial charge in [-0.2, -0.15) is 0 Å². The van der Waals surface area contributed by atoms with Gasteiger partial charge in [0, 0.05) is 32.8 Å². The second-order valence-electron chi connectivity index (χ2n) is 16.9. The molecule has 2 aromatic heterocycles. The van der Waals surface area contributed by atoms with E-state index in [0.717, 1.165) is 49.9 Å². The molecular formula is C62H39N3. The molecule has 302 valence electrons. The zero-order valence-electron chi connectivity index (χ0n) is 35.4. The van der Waals surface area contributed by atoms with Crippen molar-refractivity contribution in [2.45, 2.75) is 0 Å². The third kappa shape index (κ3) is 6.20. The molecule has 0 saturated carbocycles. The van der Waals surface area contributed by atoms with E-state index in [0.29, 0.717) is 0 Å². The molecule has 2 heterocycles. The first-order chi connectivity index (χ1) is 32.2. The molecule has 0 saturated heterocycles. The summed E-state index contributed by atoms with van der Waals surface area (Å²) in [7, 11) is 0. The normalized spacial score (nSPS) is 11.7. The first kappa shape index (κ1) is 36.9. The zero-order valence-corrected chi connectivity index (χ0v) is 35.4. The molecule has 0 radical (unpaired) electrons. The number of benzene rings is 11. The summed E-state index contributed by atoms with van der Waals surface area (Å²) in [6.07, 6.45) is 1.92. The zero-order chi connectivity index (χ0) is 42.8. The standard InChI is InChI=1S/C62H39N3/c1-2-15-50-44(11-1)12-10-21-51(50)45-29-27-43(28-30-45)47-33-36-60-57(38-47)54-18-7-8-22-59(54)65(60)49-34-31-41(32-35-49)40-23-25-42(26-24-40)46-13-9-14-48(37-46)58-39-63-61-55-19-5-3-16-52(55)53-17-4-6-20-56(53)62(61)64-58/h1-39H. The van der Waals surface area contributed by atoms with Crippen molar-refractivity contribution >= 4 is 65.2 Å². The average Bonchev–Trinajstić information content (AvgIpc) is 3.72. The van der Waals surface area contributed by atoms with Gasteiger partial charge in [0.15, 0.2) is 0 Å². The van der Waals surface area contributed by atoms with Crippen molar-refractivity contribution in [3.63, 3.8) is 0 Å². The van der Waals surface area contributed by atoms with Crippen LogP contribution in [0.3, 0.4) is 0 Å². The van der Waals surface area contributed by atoms with Gasteiger partial charge in [0.2, 0.25) is 0 Å². The van der Waals surface area contributed by atoms with Gasteiger partial charge in [-0.25, -0.2) is 4.98 Å². The highest BCUT2D eigenvalue weighted by atomic mass is 15.0. The number of aromatic nitrogens is 3. The summed E-state index contributed by atoms with van der Waals surface area (Å²) < 4.78 is 2.39. The highest BCUT2D eigenvalue weighted by Gasteiger charge is 2.16. The molecule has 13 rings (SSSR count). The Kier molecular flexibility index (Phi) is 8.53. The Hall–Kier alpha value is -8.66. The first-order valence-electron chi connectivity index (χ1n) is 22.2. The molecule has 0 N–H and O–H groups in total. The first-order valence-corrected chi connectivity index (χ1v) is 22.2. The summed E-state index contributed by atoms with van der Waals surface area (Å²) in [6.45, 7) is 0. The molecule has 0 bridgehead atoms. The van der Waals surface area contributed by atoms with E-state index in [1.54, 1.807) is 0 Å². The van der Waals surface area contributed by atoms with Crippen LogP contribution in [-0.4, -0.2) is 14.5 Å². The Balaban J connectivity index is 0.785. The van der Waals surface area contributed by atoms with E-state index in [1.165, 1.54) is 76.7 Å². The Labute approximate surface area is 376 Å². The van der Waals surface area contributed by atoms with Gasteiger partial charge in [0.1, 0.15) is 0 Å². The minimum Gasteiger partial charge on any atom is -0.309 e. The molecule has 3 heteroatoms. The van der Waals surface area contributed by atoms with Gasteiger partial charge in [-0.3, -0.25) is 4.98 Å². The van der Waals surface area contributed by atoms with Crippen LogP contribution < -0.4 is 0 Å². The average molecular weight is 826 g/mol. The number of fused-ring (bicyclic) bond motifs is 10. The van der Waals surface area contributed by atoms with Gasteiger partial charge in [0.05, 0.1) is 34.0 Å². The maximum absolute atomic E-state index is 5.24. The SMILES string of the molecule is c1cc(-c2ccc(-c3ccc(-n4c5ccccc5c5cc(-c6ccc(-c7cccc8ccccc78)cc6)ccc54)cc3)cc2)cc(-c2cnc3c4ccccc4c4ccccc4c3n2)c1. The van der Waals surface area contributed by atoms with E-state index in [4.69, 9.17) is 9.97 Å². The maximum atomic E-state index is 5.24. The lowest BCUT2D eigenvalue weighted by atomic mass is 9.96. The number of rotatable bonds is 6. The second kappa shape index (κ2) is 15.0. The second-order valence-corrected chi connectivity index (χ2v) is 16.9. The van der Waals surface area contributed by atoms with Crippen molar-refractivity contribution in [2.24, 2.45) is 0 Å². The van der Waals surface area contributed by atoms with Crippen LogP contribution in [0.1, 0.15) is 0 Å². The highest BCUT2D eigenvalue weighted by Crippen LogP contribution is 2.38. The van der Waals surface area contributed by atoms with Gasteiger partial charge < -0.3 is 4.57 Å². The fraction of sp³-hybridized carbons (Fsp3) is 0. The van der Waals surface area contributed by atoms with Crippen LogP contribution in [0.25, 0.3) is 127 Å². The number of hydrogen-bond donors (Lipinski definition) is 0. The van der Waals surface area contributed by atoms with Gasteiger partial charge >= 0.3 is 0 Å². The Morgan fingerprint density at radius 3 is 1.51 bits per heavy atom. The van der Waals surface area contributed by atoms with Crippen LogP contribution in [-0.2, 0) is 0 Å². The van der Waals surface area contributed by atoms with Crippen molar-refractivity contribution in [1.29, 1.82) is 0 Å². The van der Waals surface area contributed by atoms with Crippen molar-refractivity contribution in [3.8, 4) is 61.5 Å². The number of hydrogen-bond acceptors (Lipinski definition) is 2. The smallest absolute Gasteiger partial charge is 0.0979 e. The van der Waals surface area contributed by atoms with Gasteiger partial charge in [-0.15, -0.1) is 0 Å². The molecule has 0 aliphatic rings. The summed E-state index contributed by atoms with van der Waals surface area (Å²) in [5, 5.41) is 9.67. The van der Waals surface area contributed by atoms with Crippen molar-refractivity contribution in [1.82, 2.24) is 14.5 Å². The lowest BCUT2D eigenvalue weighted by molar-refractivity contribution is 1.18. The fourth-order valence-electron chi connectivity index (χ4n) is 10.0. The summed E-state index contributed by atoms with van der Waals surface area (Å²) in [5.41, 5.74) is 16.8. The van der Waals surface area contributed by atoms with Crippen molar-refractivity contribution in [3.05, 3.63) is 237 Å². The van der Waals surface area contributed by atoms with E-state index < -0.39 is 0 Å². The van der Waals surface area contributed by atoms with E-state index in [2.05, 4.69) is 235 Å². The van der Waals surface area contributed by atoms with Crippen LogP contribution in [0, 0.1) is 0 Å². The lowest BCUT2D eigenvalue weighted by Gasteiger charge is -2.11. The van der Waals surface area contributed by atoms with Crippen molar-refractivity contribution < 1.29 is 0 Å². The maximum Gasteiger partial charge on any atom is 0.0979 e. The molecule has 0 aliphatic carbocycles. The molecular weight excluding hydrogens is 787 g/mol. The van der Waals surface area contributed by atoms with E-state index in [9.17, 15) is 0 Å². The lowest BCUT2D eigenvalue weighted by Crippen LogP contribution is -1.93. The quantitative estimate of drug-likeness (QED) is 0.156. The molecule has 0 amide bonds. The molecule has 0 atom stereocenters. The van der Waals surface area contributed by atoms with Crippen LogP contribution in [0.2, 0.25) is 0 Å². The predicted molar refractivity (Wildman–Crippen MR) is 274 cm³/mol. The molecule has 65 heavy (non-hydrogen) atoms. The topological polar surface area (TPSA) is 30.7 Å². The summed E-state index contributed by atoms with van der Waals surface area (Å²) in [5.74, 6) is 0. The minimum absolute atomic E-state index is 0.864. The summed E-state index contributed by atoms with van der Waals surface area (Å²) in [4.78, 5) is 10.2. The minimum atomic E-state index is 0.864. The van der Waals surface area contributed by atoms with Crippen LogP contribution in [0.5, 0.6) is 0 Å². The van der Waals surface area contributed by atoms with Crippen LogP contribution in [0.15, 0.2) is 237 Å². The predicted octanol–water partition coefficient (Wildman–Crippen LogP) is 16.5. The molecule has 0 unspecified atom stereocenters. The molecule has 3 nitrogen and oxygen atoms in total. The van der Waals surface area contributed by atoms with Crippen LogP contribution >= 0.6 is 0 Å². The largest absolute Gasteiger partial charge is 0.309 e. The molecule has 13 aromatic rings. The Morgan fingerprint density at radius 1 is 0.292 bits per heavy atom. The van der Waals surface area contributed by atoms with E-state index in [1.807, 2.05) is 6.20 Å². The summed E-state index contributed by atoms with van der Waals surface area (Å²) >= 11 is 0. The van der Waals surface area contributed by atoms with Gasteiger partial charge in [0.25, 0.3) is 0 Å². The fourth-order valence-corrected chi connectivity index (χ4v) is 10.0. The third-order valence-corrected chi connectivity index (χ3v) is 13.3. The van der Waals surface area contributed by atoms with E-state index in [-0.39, 0.29) is 0 Å². The molecule has 0 spiro atoms. The summed E-state index contributed by atoms with van der Waals surface area (Å²) in [6, 6.07) is 83.3. The monoisotopic (exact) mass is 825 g/mol.